The maximum Gasteiger partial charge on any atom is 0.308 e. The topological polar surface area (TPSA) is 71.2 Å². The van der Waals surface area contributed by atoms with Crippen molar-refractivity contribution >= 4 is 28.3 Å². The van der Waals surface area contributed by atoms with Crippen LogP contribution in [-0.2, 0) is 9.53 Å². The van der Waals surface area contributed by atoms with Gasteiger partial charge in [0.2, 0.25) is 0 Å². The number of aliphatic hydroxyl groups excluding tert-OH is 2. The van der Waals surface area contributed by atoms with Crippen LogP contribution in [0, 0.1) is 0 Å². The monoisotopic (exact) mass is 471 g/mol. The predicted octanol–water partition coefficient (Wildman–Crippen LogP) is 5.96. The van der Waals surface area contributed by atoms with Gasteiger partial charge in [-0.2, -0.15) is 0 Å². The molecule has 0 bridgehead atoms. The molecule has 0 aliphatic heterocycles. The molecule has 0 fully saturated rings. The van der Waals surface area contributed by atoms with Crippen molar-refractivity contribution in [3.05, 3.63) is 84.2 Å². The van der Waals surface area contributed by atoms with Crippen molar-refractivity contribution in [2.75, 3.05) is 6.61 Å². The Hall–Kier alpha value is -3.41. The number of hydrogen-bond acceptors (Lipinski definition) is 4. The second-order valence-corrected chi connectivity index (χ2v) is 9.14. The summed E-state index contributed by atoms with van der Waals surface area (Å²) in [5.74, 6) is -0.234. The summed E-state index contributed by atoms with van der Waals surface area (Å²) in [6, 6.07) is 20.8. The van der Waals surface area contributed by atoms with Crippen LogP contribution < -0.4 is 0 Å². The average Bonchev–Trinajstić information content (AvgIpc) is 3.18. The van der Waals surface area contributed by atoms with E-state index in [1.54, 1.807) is 13.0 Å². The van der Waals surface area contributed by atoms with Crippen molar-refractivity contribution in [3.63, 3.8) is 0 Å². The SMILES string of the molecule is CCOC(=O)CC(O)CC(O)C=Cc1c(-c2ccccc2)c2c3ccccc3ccn2c1C(C)C. The zero-order valence-corrected chi connectivity index (χ0v) is 20.5. The van der Waals surface area contributed by atoms with Gasteiger partial charge in [0.05, 0.1) is 30.8 Å². The molecule has 2 aromatic heterocycles. The Labute approximate surface area is 206 Å². The second-order valence-electron chi connectivity index (χ2n) is 9.14. The molecule has 0 saturated heterocycles. The van der Waals surface area contributed by atoms with Crippen molar-refractivity contribution in [3.8, 4) is 11.1 Å². The van der Waals surface area contributed by atoms with Crippen LogP contribution >= 0.6 is 0 Å². The summed E-state index contributed by atoms with van der Waals surface area (Å²) in [5.41, 5.74) is 5.54. The lowest BCUT2D eigenvalue weighted by Crippen LogP contribution is -2.20. The second kappa shape index (κ2) is 10.9. The van der Waals surface area contributed by atoms with Crippen LogP contribution in [0.15, 0.2) is 72.9 Å². The Morgan fingerprint density at radius 1 is 1.03 bits per heavy atom. The zero-order valence-electron chi connectivity index (χ0n) is 20.5. The highest BCUT2D eigenvalue weighted by Crippen LogP contribution is 2.40. The van der Waals surface area contributed by atoms with Gasteiger partial charge in [-0.25, -0.2) is 0 Å². The van der Waals surface area contributed by atoms with E-state index >= 15 is 0 Å². The van der Waals surface area contributed by atoms with E-state index in [4.69, 9.17) is 4.74 Å². The molecule has 4 aromatic rings. The molecule has 2 unspecified atom stereocenters. The lowest BCUT2D eigenvalue weighted by molar-refractivity contribution is -0.145. The normalized spacial score (nSPS) is 13.7. The van der Waals surface area contributed by atoms with Gasteiger partial charge in [0.25, 0.3) is 0 Å². The van der Waals surface area contributed by atoms with Gasteiger partial charge in [-0.1, -0.05) is 80.6 Å². The molecule has 2 aromatic carbocycles. The Balaban J connectivity index is 1.81. The van der Waals surface area contributed by atoms with Crippen LogP contribution in [-0.4, -0.2) is 39.4 Å². The molecule has 2 N–H and O–H groups in total. The Morgan fingerprint density at radius 3 is 2.46 bits per heavy atom. The van der Waals surface area contributed by atoms with Crippen molar-refractivity contribution < 1.29 is 19.7 Å². The van der Waals surface area contributed by atoms with Gasteiger partial charge in [0.1, 0.15) is 0 Å². The summed E-state index contributed by atoms with van der Waals surface area (Å²) in [6.07, 6.45) is 3.85. The van der Waals surface area contributed by atoms with Gasteiger partial charge in [-0.15, -0.1) is 0 Å². The summed E-state index contributed by atoms with van der Waals surface area (Å²) in [5, 5.41) is 23.2. The van der Waals surface area contributed by atoms with E-state index in [0.29, 0.717) is 0 Å². The van der Waals surface area contributed by atoms with E-state index in [-0.39, 0.29) is 25.4 Å². The fraction of sp³-hybridized carbons (Fsp3) is 0.300. The maximum absolute atomic E-state index is 11.7. The van der Waals surface area contributed by atoms with E-state index in [9.17, 15) is 15.0 Å². The lowest BCUT2D eigenvalue weighted by atomic mass is 9.95. The van der Waals surface area contributed by atoms with Crippen LogP contribution in [0.2, 0.25) is 0 Å². The fourth-order valence-electron chi connectivity index (χ4n) is 4.77. The average molecular weight is 472 g/mol. The Kier molecular flexibility index (Phi) is 7.69. The summed E-state index contributed by atoms with van der Waals surface area (Å²) in [4.78, 5) is 11.7. The molecule has 0 aliphatic carbocycles. The van der Waals surface area contributed by atoms with E-state index in [1.165, 1.54) is 10.8 Å². The van der Waals surface area contributed by atoms with Crippen LogP contribution in [0.5, 0.6) is 0 Å². The highest BCUT2D eigenvalue weighted by atomic mass is 16.5. The number of esters is 1. The van der Waals surface area contributed by atoms with Gasteiger partial charge >= 0.3 is 5.97 Å². The van der Waals surface area contributed by atoms with Gasteiger partial charge in [-0.3, -0.25) is 4.79 Å². The molecule has 35 heavy (non-hydrogen) atoms. The summed E-state index contributed by atoms with van der Waals surface area (Å²) >= 11 is 0. The molecule has 0 amide bonds. The molecule has 0 saturated carbocycles. The number of nitrogens with zero attached hydrogens (tertiary/aromatic N) is 1. The highest BCUT2D eigenvalue weighted by Gasteiger charge is 2.22. The van der Waals surface area contributed by atoms with E-state index < -0.39 is 18.2 Å². The number of aromatic nitrogens is 1. The van der Waals surface area contributed by atoms with Crippen LogP contribution in [0.25, 0.3) is 33.5 Å². The molecular weight excluding hydrogens is 438 g/mol. The number of carbonyl (C=O) groups excluding carboxylic acids is 1. The predicted molar refractivity (Wildman–Crippen MR) is 141 cm³/mol. The van der Waals surface area contributed by atoms with E-state index in [1.807, 2.05) is 30.3 Å². The minimum atomic E-state index is -0.969. The van der Waals surface area contributed by atoms with Gasteiger partial charge < -0.3 is 19.4 Å². The number of pyridine rings is 1. The molecule has 0 spiro atoms. The molecule has 5 nitrogen and oxygen atoms in total. The summed E-state index contributed by atoms with van der Waals surface area (Å²) in [6.45, 7) is 6.33. The first-order chi connectivity index (χ1) is 16.9. The molecule has 2 heterocycles. The standard InChI is InChI=1S/C30H33NO4/c1-4-35-27(34)19-24(33)18-23(32)14-15-26-28(22-11-6-5-7-12-22)30-25-13-9-8-10-21(25)16-17-31(30)29(26)20(2)3/h5-17,20,23-24,32-33H,4,18-19H2,1-3H3. The third kappa shape index (κ3) is 5.31. The molecule has 182 valence electrons. The minimum Gasteiger partial charge on any atom is -0.466 e. The van der Waals surface area contributed by atoms with Crippen molar-refractivity contribution in [1.82, 2.24) is 4.40 Å². The number of ether oxygens (including phenoxy) is 1. The third-order valence-electron chi connectivity index (χ3n) is 6.22. The van der Waals surface area contributed by atoms with Crippen molar-refractivity contribution in [2.24, 2.45) is 0 Å². The highest BCUT2D eigenvalue weighted by molar-refractivity contribution is 6.06. The van der Waals surface area contributed by atoms with E-state index in [0.717, 1.165) is 27.9 Å². The molecule has 0 radical (unpaired) electrons. The molecule has 0 aliphatic rings. The zero-order chi connectivity index (χ0) is 24.9. The van der Waals surface area contributed by atoms with Crippen LogP contribution in [0.4, 0.5) is 0 Å². The lowest BCUT2D eigenvalue weighted by Gasteiger charge is -2.13. The molecule has 5 heteroatoms. The summed E-state index contributed by atoms with van der Waals surface area (Å²) < 4.78 is 7.16. The van der Waals surface area contributed by atoms with Gasteiger partial charge in [0, 0.05) is 34.8 Å². The molecule has 2 atom stereocenters. The number of carbonyl (C=O) groups is 1. The Morgan fingerprint density at radius 2 is 1.74 bits per heavy atom. The quantitative estimate of drug-likeness (QED) is 0.296. The first kappa shape index (κ1) is 24.7. The number of hydrogen-bond donors (Lipinski definition) is 2. The third-order valence-corrected chi connectivity index (χ3v) is 6.22. The Bertz CT molecular complexity index is 1340. The smallest absolute Gasteiger partial charge is 0.308 e. The van der Waals surface area contributed by atoms with Gasteiger partial charge in [-0.05, 0) is 29.9 Å². The minimum absolute atomic E-state index is 0.0588. The largest absolute Gasteiger partial charge is 0.466 e. The maximum atomic E-state index is 11.7. The van der Waals surface area contributed by atoms with Crippen molar-refractivity contribution in [2.45, 2.75) is 51.7 Å². The van der Waals surface area contributed by atoms with Crippen LogP contribution in [0.1, 0.15) is 50.8 Å². The number of fused-ring (bicyclic) bond motifs is 3. The number of aliphatic hydroxyl groups is 2. The first-order valence-electron chi connectivity index (χ1n) is 12.2. The number of rotatable bonds is 9. The van der Waals surface area contributed by atoms with Crippen molar-refractivity contribution in [1.29, 1.82) is 0 Å². The molecule has 4 rings (SSSR count). The van der Waals surface area contributed by atoms with Gasteiger partial charge in [0.15, 0.2) is 0 Å². The van der Waals surface area contributed by atoms with Crippen LogP contribution in [0.3, 0.4) is 0 Å². The number of benzene rings is 2. The molecular formula is C30H33NO4. The summed E-state index contributed by atoms with van der Waals surface area (Å²) in [7, 11) is 0. The van der Waals surface area contributed by atoms with E-state index in [2.05, 4.69) is 60.8 Å². The first-order valence-corrected chi connectivity index (χ1v) is 12.2. The fourth-order valence-corrected chi connectivity index (χ4v) is 4.77.